The Morgan fingerprint density at radius 1 is 1.05 bits per heavy atom. The molecule has 0 fully saturated rings. The van der Waals surface area contributed by atoms with Crippen molar-refractivity contribution in [3.63, 3.8) is 0 Å². The van der Waals surface area contributed by atoms with Crippen LogP contribution < -0.4 is 0 Å². The van der Waals surface area contributed by atoms with Crippen molar-refractivity contribution in [2.45, 2.75) is 0 Å². The fourth-order valence-corrected chi connectivity index (χ4v) is 2.34. The van der Waals surface area contributed by atoms with E-state index in [4.69, 9.17) is 5.26 Å². The number of hydrogen-bond acceptors (Lipinski definition) is 3. The Morgan fingerprint density at radius 2 is 1.95 bits per heavy atom. The third-order valence-electron chi connectivity index (χ3n) is 3.31. The van der Waals surface area contributed by atoms with Gasteiger partial charge in [-0.15, -0.1) is 0 Å². The number of nitrogens with one attached hydrogen (secondary N) is 2. The van der Waals surface area contributed by atoms with Gasteiger partial charge in [0.2, 0.25) is 0 Å². The van der Waals surface area contributed by atoms with Crippen LogP contribution in [0.1, 0.15) is 5.56 Å². The Bertz CT molecular complexity index is 971. The van der Waals surface area contributed by atoms with Gasteiger partial charge in [-0.2, -0.15) is 10.4 Å². The second-order valence-electron chi connectivity index (χ2n) is 4.55. The molecule has 0 spiro atoms. The highest BCUT2D eigenvalue weighted by atomic mass is 15.1. The molecule has 0 aliphatic carbocycles. The van der Waals surface area contributed by atoms with Gasteiger partial charge in [-0.1, -0.05) is 18.2 Å². The summed E-state index contributed by atoms with van der Waals surface area (Å²) in [6.07, 6.45) is 0. The number of hydrogen-bond donors (Lipinski definition) is 2. The van der Waals surface area contributed by atoms with Crippen molar-refractivity contribution in [3.05, 3.63) is 48.0 Å². The lowest BCUT2D eigenvalue weighted by atomic mass is 10.2. The summed E-state index contributed by atoms with van der Waals surface area (Å²) in [5.41, 5.74) is 4.03. The third kappa shape index (κ3) is 1.49. The van der Waals surface area contributed by atoms with Crippen LogP contribution in [0.4, 0.5) is 0 Å². The van der Waals surface area contributed by atoms with Crippen LogP contribution in [0.25, 0.3) is 33.5 Å². The standard InChI is InChI=1S/C15H9N5/c16-8-9-5-6-12-13(7-9)18-15(17-12)14-10-3-1-2-4-11(10)19-20-14/h1-7H,(H,17,18)(H,19,20). The average molecular weight is 259 g/mol. The summed E-state index contributed by atoms with van der Waals surface area (Å²) >= 11 is 0. The second-order valence-corrected chi connectivity index (χ2v) is 4.55. The molecule has 2 aromatic heterocycles. The van der Waals surface area contributed by atoms with Gasteiger partial charge in [0.05, 0.1) is 28.2 Å². The molecule has 0 saturated heterocycles. The van der Waals surface area contributed by atoms with Crippen LogP contribution >= 0.6 is 0 Å². The summed E-state index contributed by atoms with van der Waals surface area (Å²) in [4.78, 5) is 7.75. The minimum absolute atomic E-state index is 0.611. The number of H-pyrrole nitrogens is 2. The van der Waals surface area contributed by atoms with Crippen molar-refractivity contribution in [2.24, 2.45) is 0 Å². The molecule has 0 saturated carbocycles. The predicted octanol–water partition coefficient (Wildman–Crippen LogP) is 2.98. The topological polar surface area (TPSA) is 81.2 Å². The monoisotopic (exact) mass is 259 g/mol. The number of nitriles is 1. The first-order chi connectivity index (χ1) is 9.85. The van der Waals surface area contributed by atoms with Crippen molar-refractivity contribution in [1.29, 1.82) is 5.26 Å². The summed E-state index contributed by atoms with van der Waals surface area (Å²) in [5.74, 6) is 0.701. The van der Waals surface area contributed by atoms with Gasteiger partial charge in [-0.05, 0) is 24.3 Å². The van der Waals surface area contributed by atoms with Gasteiger partial charge in [0.15, 0.2) is 5.82 Å². The second kappa shape index (κ2) is 3.93. The van der Waals surface area contributed by atoms with E-state index in [1.165, 1.54) is 0 Å². The van der Waals surface area contributed by atoms with Crippen LogP contribution in [0.5, 0.6) is 0 Å². The van der Waals surface area contributed by atoms with E-state index >= 15 is 0 Å². The molecule has 0 atom stereocenters. The Kier molecular flexibility index (Phi) is 2.12. The van der Waals surface area contributed by atoms with E-state index in [1.807, 2.05) is 30.3 Å². The zero-order chi connectivity index (χ0) is 13.5. The molecule has 5 heteroatoms. The number of aromatic amines is 2. The molecule has 4 rings (SSSR count). The van der Waals surface area contributed by atoms with E-state index < -0.39 is 0 Å². The quantitative estimate of drug-likeness (QED) is 0.551. The summed E-state index contributed by atoms with van der Waals surface area (Å²) in [7, 11) is 0. The molecular weight excluding hydrogens is 250 g/mol. The summed E-state index contributed by atoms with van der Waals surface area (Å²) in [5, 5.41) is 17.3. The van der Waals surface area contributed by atoms with Crippen LogP contribution in [0.2, 0.25) is 0 Å². The average Bonchev–Trinajstić information content (AvgIpc) is 3.09. The van der Waals surface area contributed by atoms with Crippen molar-refractivity contribution in [3.8, 4) is 17.6 Å². The Morgan fingerprint density at radius 3 is 2.85 bits per heavy atom. The van der Waals surface area contributed by atoms with Gasteiger partial charge in [0.1, 0.15) is 5.69 Å². The number of benzene rings is 2. The summed E-state index contributed by atoms with van der Waals surface area (Å²) in [6.45, 7) is 0. The van der Waals surface area contributed by atoms with E-state index in [0.29, 0.717) is 11.4 Å². The van der Waals surface area contributed by atoms with E-state index in [0.717, 1.165) is 27.6 Å². The van der Waals surface area contributed by atoms with E-state index in [2.05, 4.69) is 26.2 Å². The highest BCUT2D eigenvalue weighted by molar-refractivity contribution is 5.93. The Balaban J connectivity index is 1.96. The smallest absolute Gasteiger partial charge is 0.159 e. The first-order valence-electron chi connectivity index (χ1n) is 6.18. The predicted molar refractivity (Wildman–Crippen MR) is 75.9 cm³/mol. The third-order valence-corrected chi connectivity index (χ3v) is 3.31. The molecule has 0 unspecified atom stereocenters. The molecule has 0 aliphatic heterocycles. The Labute approximate surface area is 113 Å². The van der Waals surface area contributed by atoms with Crippen molar-refractivity contribution in [1.82, 2.24) is 20.2 Å². The van der Waals surface area contributed by atoms with Gasteiger partial charge >= 0.3 is 0 Å². The lowest BCUT2D eigenvalue weighted by Crippen LogP contribution is -1.80. The number of nitrogens with zero attached hydrogens (tertiary/aromatic N) is 3. The molecule has 0 amide bonds. The summed E-state index contributed by atoms with van der Waals surface area (Å²) in [6, 6.07) is 15.4. The van der Waals surface area contributed by atoms with Gasteiger partial charge in [0.25, 0.3) is 0 Å². The van der Waals surface area contributed by atoms with Crippen LogP contribution in [-0.4, -0.2) is 20.2 Å². The molecule has 4 aromatic rings. The number of aromatic nitrogens is 4. The zero-order valence-corrected chi connectivity index (χ0v) is 10.4. The Hall–Kier alpha value is -3.13. The van der Waals surface area contributed by atoms with Crippen molar-refractivity contribution >= 4 is 21.9 Å². The van der Waals surface area contributed by atoms with Crippen LogP contribution in [0.15, 0.2) is 42.5 Å². The van der Waals surface area contributed by atoms with E-state index in [-0.39, 0.29) is 0 Å². The fraction of sp³-hybridized carbons (Fsp3) is 0. The molecule has 5 nitrogen and oxygen atoms in total. The maximum atomic E-state index is 8.93. The highest BCUT2D eigenvalue weighted by Crippen LogP contribution is 2.26. The van der Waals surface area contributed by atoms with E-state index in [9.17, 15) is 0 Å². The van der Waals surface area contributed by atoms with E-state index in [1.54, 1.807) is 12.1 Å². The maximum Gasteiger partial charge on any atom is 0.159 e. The molecule has 2 aromatic carbocycles. The zero-order valence-electron chi connectivity index (χ0n) is 10.4. The molecule has 2 heterocycles. The molecule has 0 bridgehead atoms. The first-order valence-corrected chi connectivity index (χ1v) is 6.18. The van der Waals surface area contributed by atoms with Crippen LogP contribution in [0.3, 0.4) is 0 Å². The summed E-state index contributed by atoms with van der Waals surface area (Å²) < 4.78 is 0. The molecule has 0 radical (unpaired) electrons. The number of imidazole rings is 1. The minimum atomic E-state index is 0.611. The molecular formula is C15H9N5. The first kappa shape index (κ1) is 10.8. The minimum Gasteiger partial charge on any atom is -0.337 e. The van der Waals surface area contributed by atoms with Gasteiger partial charge in [-0.25, -0.2) is 4.98 Å². The normalized spacial score (nSPS) is 10.9. The fourth-order valence-electron chi connectivity index (χ4n) is 2.34. The number of para-hydroxylation sites is 1. The molecule has 2 N–H and O–H groups in total. The molecule has 0 aliphatic rings. The van der Waals surface area contributed by atoms with Crippen molar-refractivity contribution < 1.29 is 0 Å². The largest absolute Gasteiger partial charge is 0.337 e. The van der Waals surface area contributed by atoms with Crippen molar-refractivity contribution in [2.75, 3.05) is 0 Å². The molecule has 94 valence electrons. The number of fused-ring (bicyclic) bond motifs is 2. The van der Waals surface area contributed by atoms with Gasteiger partial charge in [0, 0.05) is 5.39 Å². The van der Waals surface area contributed by atoms with Crippen LogP contribution in [0, 0.1) is 11.3 Å². The van der Waals surface area contributed by atoms with Crippen LogP contribution in [-0.2, 0) is 0 Å². The van der Waals surface area contributed by atoms with Gasteiger partial charge in [-0.3, -0.25) is 5.10 Å². The molecule has 20 heavy (non-hydrogen) atoms. The lowest BCUT2D eigenvalue weighted by Gasteiger charge is -1.91. The SMILES string of the molecule is N#Cc1ccc2nc(-c3n[nH]c4ccccc34)[nH]c2c1. The highest BCUT2D eigenvalue weighted by Gasteiger charge is 2.12. The maximum absolute atomic E-state index is 8.93. The number of rotatable bonds is 1. The lowest BCUT2D eigenvalue weighted by molar-refractivity contribution is 1.11. The van der Waals surface area contributed by atoms with Gasteiger partial charge < -0.3 is 4.98 Å².